The summed E-state index contributed by atoms with van der Waals surface area (Å²) in [6.45, 7) is 8.30. The maximum atomic E-state index is 12.8. The van der Waals surface area contributed by atoms with Crippen LogP contribution in [0.2, 0.25) is 0 Å². The smallest absolute Gasteiger partial charge is 0.123 e. The van der Waals surface area contributed by atoms with Crippen molar-refractivity contribution in [3.05, 3.63) is 35.6 Å². The van der Waals surface area contributed by atoms with E-state index in [-0.39, 0.29) is 5.82 Å². The van der Waals surface area contributed by atoms with Gasteiger partial charge in [0.05, 0.1) is 6.10 Å². The Morgan fingerprint density at radius 3 is 2.70 bits per heavy atom. The predicted molar refractivity (Wildman–Crippen MR) is 79.0 cm³/mol. The molecule has 4 heteroatoms. The normalized spacial score (nSPS) is 25.6. The van der Waals surface area contributed by atoms with Gasteiger partial charge in [0.25, 0.3) is 0 Å². The van der Waals surface area contributed by atoms with Gasteiger partial charge >= 0.3 is 0 Å². The van der Waals surface area contributed by atoms with E-state index >= 15 is 0 Å². The average Bonchev–Trinajstić information content (AvgIpc) is 2.46. The molecule has 0 aromatic heterocycles. The monoisotopic (exact) mass is 280 g/mol. The maximum absolute atomic E-state index is 12.8. The van der Waals surface area contributed by atoms with Crippen LogP contribution in [0.25, 0.3) is 0 Å². The van der Waals surface area contributed by atoms with Gasteiger partial charge in [-0.05, 0) is 43.1 Å². The van der Waals surface area contributed by atoms with Crippen LogP contribution in [0.5, 0.6) is 0 Å². The molecule has 1 fully saturated rings. The Hall–Kier alpha value is -0.970. The quantitative estimate of drug-likeness (QED) is 0.868. The zero-order valence-corrected chi connectivity index (χ0v) is 12.3. The number of aliphatic hydroxyl groups is 1. The Labute approximate surface area is 120 Å². The third kappa shape index (κ3) is 4.01. The zero-order chi connectivity index (χ0) is 14.5. The molecule has 1 aromatic rings. The third-order valence-corrected chi connectivity index (χ3v) is 4.26. The van der Waals surface area contributed by atoms with E-state index in [0.717, 1.165) is 31.6 Å². The molecule has 0 bridgehead atoms. The molecule has 2 N–H and O–H groups in total. The van der Waals surface area contributed by atoms with Gasteiger partial charge in [-0.15, -0.1) is 0 Å². The number of hydrogen-bond donors (Lipinski definition) is 2. The van der Waals surface area contributed by atoms with Gasteiger partial charge in [-0.1, -0.05) is 26.0 Å². The van der Waals surface area contributed by atoms with E-state index in [9.17, 15) is 9.50 Å². The van der Waals surface area contributed by atoms with Crippen molar-refractivity contribution in [3.8, 4) is 0 Å². The van der Waals surface area contributed by atoms with Gasteiger partial charge in [0, 0.05) is 19.1 Å². The van der Waals surface area contributed by atoms with Crippen molar-refractivity contribution in [1.29, 1.82) is 0 Å². The van der Waals surface area contributed by atoms with E-state index in [4.69, 9.17) is 0 Å². The van der Waals surface area contributed by atoms with E-state index in [0.29, 0.717) is 18.5 Å². The minimum absolute atomic E-state index is 0.269. The highest BCUT2D eigenvalue weighted by atomic mass is 19.1. The number of likely N-dealkylation sites (tertiary alicyclic amines) is 1. The molecular weight excluding hydrogens is 255 g/mol. The molecule has 1 saturated heterocycles. The van der Waals surface area contributed by atoms with Crippen LogP contribution in [0, 0.1) is 11.7 Å². The van der Waals surface area contributed by atoms with Gasteiger partial charge < -0.3 is 15.3 Å². The fourth-order valence-corrected chi connectivity index (χ4v) is 2.89. The number of nitrogens with one attached hydrogen (secondary N) is 1. The van der Waals surface area contributed by atoms with Crippen LogP contribution in [0.15, 0.2) is 24.3 Å². The molecule has 0 aliphatic carbocycles. The Kier molecular flexibility index (Phi) is 5.52. The Bertz CT molecular complexity index is 409. The fourth-order valence-electron chi connectivity index (χ4n) is 2.89. The van der Waals surface area contributed by atoms with E-state index in [2.05, 4.69) is 24.1 Å². The Morgan fingerprint density at radius 2 is 2.10 bits per heavy atom. The lowest BCUT2D eigenvalue weighted by atomic mass is 9.93. The summed E-state index contributed by atoms with van der Waals surface area (Å²) in [6.07, 6.45) is 0.539. The van der Waals surface area contributed by atoms with Crippen LogP contribution in [-0.2, 0) is 0 Å². The van der Waals surface area contributed by atoms with Crippen molar-refractivity contribution >= 4 is 0 Å². The summed E-state index contributed by atoms with van der Waals surface area (Å²) in [5, 5.41) is 13.6. The fraction of sp³-hybridized carbons (Fsp3) is 0.625. The zero-order valence-electron chi connectivity index (χ0n) is 12.3. The van der Waals surface area contributed by atoms with Crippen LogP contribution >= 0.6 is 0 Å². The first-order valence-electron chi connectivity index (χ1n) is 7.49. The third-order valence-electron chi connectivity index (χ3n) is 4.26. The molecular formula is C16H25FN2O. The lowest BCUT2D eigenvalue weighted by Gasteiger charge is -2.37. The average molecular weight is 280 g/mol. The van der Waals surface area contributed by atoms with Gasteiger partial charge in [-0.2, -0.15) is 0 Å². The standard InChI is InChI=1S/C16H25FN2O/c1-3-19-9-8-15(12(2)11-19)18-10-16(20)13-4-6-14(17)7-5-13/h4-7,12,15-16,18,20H,3,8-11H2,1-2H3. The first-order chi connectivity index (χ1) is 9.60. The van der Waals surface area contributed by atoms with E-state index in [1.54, 1.807) is 12.1 Å². The minimum Gasteiger partial charge on any atom is -0.387 e. The summed E-state index contributed by atoms with van der Waals surface area (Å²) in [5.41, 5.74) is 0.762. The molecule has 112 valence electrons. The van der Waals surface area contributed by atoms with Crippen molar-refractivity contribution < 1.29 is 9.50 Å². The molecule has 0 amide bonds. The first-order valence-corrected chi connectivity index (χ1v) is 7.49. The van der Waals surface area contributed by atoms with Crippen LogP contribution in [0.1, 0.15) is 31.9 Å². The van der Waals surface area contributed by atoms with Crippen molar-refractivity contribution in [1.82, 2.24) is 10.2 Å². The van der Waals surface area contributed by atoms with Crippen molar-refractivity contribution in [3.63, 3.8) is 0 Å². The summed E-state index contributed by atoms with van der Waals surface area (Å²) >= 11 is 0. The number of aliphatic hydroxyl groups excluding tert-OH is 1. The van der Waals surface area contributed by atoms with Gasteiger partial charge in [0.1, 0.15) is 5.82 Å². The molecule has 1 aliphatic heterocycles. The molecule has 20 heavy (non-hydrogen) atoms. The highest BCUT2D eigenvalue weighted by Crippen LogP contribution is 2.18. The maximum Gasteiger partial charge on any atom is 0.123 e. The summed E-state index contributed by atoms with van der Waals surface area (Å²) in [5.74, 6) is 0.318. The SMILES string of the molecule is CCN1CCC(NCC(O)c2ccc(F)cc2)C(C)C1. The number of halogens is 1. The van der Waals surface area contributed by atoms with Gasteiger partial charge in [0.2, 0.25) is 0 Å². The number of piperidine rings is 1. The second kappa shape index (κ2) is 7.16. The predicted octanol–water partition coefficient (Wildman–Crippen LogP) is 2.18. The molecule has 3 nitrogen and oxygen atoms in total. The second-order valence-corrected chi connectivity index (χ2v) is 5.74. The first kappa shape index (κ1) is 15.4. The molecule has 2 rings (SSSR count). The number of benzene rings is 1. The topological polar surface area (TPSA) is 35.5 Å². The van der Waals surface area contributed by atoms with Crippen LogP contribution in [-0.4, -0.2) is 42.2 Å². The summed E-state index contributed by atoms with van der Waals surface area (Å²) in [4.78, 5) is 2.46. The Balaban J connectivity index is 1.81. The summed E-state index contributed by atoms with van der Waals surface area (Å²) < 4.78 is 12.8. The molecule has 3 unspecified atom stereocenters. The largest absolute Gasteiger partial charge is 0.387 e. The van der Waals surface area contributed by atoms with Gasteiger partial charge in [-0.25, -0.2) is 4.39 Å². The summed E-state index contributed by atoms with van der Waals surface area (Å²) in [7, 11) is 0. The highest BCUT2D eigenvalue weighted by Gasteiger charge is 2.25. The van der Waals surface area contributed by atoms with E-state index in [1.165, 1.54) is 12.1 Å². The number of nitrogens with zero attached hydrogens (tertiary/aromatic N) is 1. The minimum atomic E-state index is -0.577. The van der Waals surface area contributed by atoms with Crippen LogP contribution < -0.4 is 5.32 Å². The second-order valence-electron chi connectivity index (χ2n) is 5.74. The van der Waals surface area contributed by atoms with E-state index < -0.39 is 6.10 Å². The molecule has 0 radical (unpaired) electrons. The molecule has 1 heterocycles. The lowest BCUT2D eigenvalue weighted by molar-refractivity contribution is 0.127. The highest BCUT2D eigenvalue weighted by molar-refractivity contribution is 5.18. The van der Waals surface area contributed by atoms with Crippen molar-refractivity contribution in [2.75, 3.05) is 26.2 Å². The van der Waals surface area contributed by atoms with Gasteiger partial charge in [0.15, 0.2) is 0 Å². The molecule has 1 aromatic carbocycles. The van der Waals surface area contributed by atoms with E-state index in [1.807, 2.05) is 0 Å². The molecule has 0 saturated carbocycles. The van der Waals surface area contributed by atoms with Crippen LogP contribution in [0.4, 0.5) is 4.39 Å². The van der Waals surface area contributed by atoms with Crippen LogP contribution in [0.3, 0.4) is 0 Å². The lowest BCUT2D eigenvalue weighted by Crippen LogP contribution is -2.49. The summed E-state index contributed by atoms with van der Waals surface area (Å²) in [6, 6.07) is 6.52. The molecule has 3 atom stereocenters. The Morgan fingerprint density at radius 1 is 1.40 bits per heavy atom. The molecule has 1 aliphatic rings. The van der Waals surface area contributed by atoms with Gasteiger partial charge in [-0.3, -0.25) is 0 Å². The number of hydrogen-bond acceptors (Lipinski definition) is 3. The number of rotatable bonds is 5. The molecule has 0 spiro atoms. The van der Waals surface area contributed by atoms with Crippen molar-refractivity contribution in [2.24, 2.45) is 5.92 Å². The van der Waals surface area contributed by atoms with Crippen molar-refractivity contribution in [2.45, 2.75) is 32.4 Å².